The normalized spacial score (nSPS) is 12.9. The van der Waals surface area contributed by atoms with E-state index in [0.717, 1.165) is 12.1 Å². The molecule has 0 aliphatic carbocycles. The molecule has 0 amide bonds. The first kappa shape index (κ1) is 10.8. The number of aliphatic hydroxyl groups excluding tert-OH is 1. The van der Waals surface area contributed by atoms with Crippen LogP contribution in [0.15, 0.2) is 15.1 Å². The number of nitrogens with zero attached hydrogens (tertiary/aromatic N) is 3. The summed E-state index contributed by atoms with van der Waals surface area (Å²) >= 11 is 0. The topological polar surface area (TPSA) is 85.2 Å². The van der Waals surface area contributed by atoms with E-state index in [9.17, 15) is 5.11 Å². The second-order valence-electron chi connectivity index (χ2n) is 3.59. The second-order valence-corrected chi connectivity index (χ2v) is 3.59. The summed E-state index contributed by atoms with van der Waals surface area (Å²) in [4.78, 5) is 4.05. The summed E-state index contributed by atoms with van der Waals surface area (Å²) in [6.45, 7) is 3.78. The quantitative estimate of drug-likeness (QED) is 0.851. The lowest BCUT2D eigenvalue weighted by molar-refractivity contribution is 0.153. The maximum atomic E-state index is 9.65. The first-order valence-electron chi connectivity index (χ1n) is 5.16. The van der Waals surface area contributed by atoms with Crippen molar-refractivity contribution in [3.05, 3.63) is 17.6 Å². The Morgan fingerprint density at radius 2 is 2.19 bits per heavy atom. The molecule has 2 rings (SSSR count). The van der Waals surface area contributed by atoms with Crippen LogP contribution < -0.4 is 0 Å². The maximum Gasteiger partial charge on any atom is 0.296 e. The molecule has 0 aliphatic rings. The Hall–Kier alpha value is -1.69. The van der Waals surface area contributed by atoms with Gasteiger partial charge in [0.15, 0.2) is 0 Å². The van der Waals surface area contributed by atoms with Gasteiger partial charge in [-0.2, -0.15) is 4.98 Å². The molecule has 1 atom stereocenters. The van der Waals surface area contributed by atoms with Gasteiger partial charge in [-0.05, 0) is 13.3 Å². The van der Waals surface area contributed by atoms with Crippen LogP contribution in [0.25, 0.3) is 11.7 Å². The molecule has 86 valence electrons. The Morgan fingerprint density at radius 3 is 2.81 bits per heavy atom. The molecular formula is C10H13N3O3. The van der Waals surface area contributed by atoms with Crippen molar-refractivity contribution in [3.8, 4) is 11.7 Å². The highest BCUT2D eigenvalue weighted by atomic mass is 16.5. The van der Waals surface area contributed by atoms with Gasteiger partial charge in [-0.25, -0.2) is 0 Å². The largest absolute Gasteiger partial charge is 0.385 e. The summed E-state index contributed by atoms with van der Waals surface area (Å²) in [5.41, 5.74) is 0.740. The molecule has 2 aromatic rings. The van der Waals surface area contributed by atoms with E-state index < -0.39 is 6.10 Å². The molecule has 2 aromatic heterocycles. The summed E-state index contributed by atoms with van der Waals surface area (Å²) in [5.74, 6) is 0.941. The van der Waals surface area contributed by atoms with Crippen LogP contribution in [0.2, 0.25) is 0 Å². The molecule has 0 aromatic carbocycles. The van der Waals surface area contributed by atoms with Gasteiger partial charge in [-0.1, -0.05) is 23.7 Å². The van der Waals surface area contributed by atoms with Crippen LogP contribution in [0, 0.1) is 6.92 Å². The van der Waals surface area contributed by atoms with Crippen molar-refractivity contribution in [2.24, 2.45) is 0 Å². The first-order valence-corrected chi connectivity index (χ1v) is 5.16. The number of aliphatic hydroxyl groups is 1. The van der Waals surface area contributed by atoms with Crippen LogP contribution in [-0.4, -0.2) is 20.4 Å². The number of hydrogen-bond donors (Lipinski definition) is 1. The molecule has 0 aliphatic heterocycles. The van der Waals surface area contributed by atoms with E-state index in [-0.39, 0.29) is 11.7 Å². The second kappa shape index (κ2) is 4.44. The number of aryl methyl sites for hydroxylation is 1. The lowest BCUT2D eigenvalue weighted by Crippen LogP contribution is -1.98. The van der Waals surface area contributed by atoms with E-state index in [0.29, 0.717) is 12.2 Å². The van der Waals surface area contributed by atoms with Gasteiger partial charge in [0.2, 0.25) is 11.6 Å². The molecule has 0 spiro atoms. The fourth-order valence-electron chi connectivity index (χ4n) is 1.34. The van der Waals surface area contributed by atoms with Gasteiger partial charge in [0.1, 0.15) is 6.10 Å². The Balaban J connectivity index is 2.19. The van der Waals surface area contributed by atoms with Gasteiger partial charge in [-0.3, -0.25) is 0 Å². The number of aromatic nitrogens is 3. The van der Waals surface area contributed by atoms with Gasteiger partial charge >= 0.3 is 0 Å². The summed E-state index contributed by atoms with van der Waals surface area (Å²) in [5, 5.41) is 17.1. The third kappa shape index (κ3) is 2.11. The average Bonchev–Trinajstić information content (AvgIpc) is 2.85. The standard InChI is InChI=1S/C10H13N3O3/c1-3-4-7(14)9-11-10(16-13-9)8-5-6(2)12-15-8/h5,7,14H,3-4H2,1-2H3. The molecular weight excluding hydrogens is 210 g/mol. The van der Waals surface area contributed by atoms with Crippen LogP contribution >= 0.6 is 0 Å². The van der Waals surface area contributed by atoms with E-state index in [4.69, 9.17) is 9.05 Å². The Labute approximate surface area is 92.3 Å². The minimum Gasteiger partial charge on any atom is -0.385 e. The molecule has 0 bridgehead atoms. The zero-order valence-corrected chi connectivity index (χ0v) is 9.17. The van der Waals surface area contributed by atoms with Crippen LogP contribution in [0.3, 0.4) is 0 Å². The van der Waals surface area contributed by atoms with Crippen molar-refractivity contribution in [1.29, 1.82) is 0 Å². The SMILES string of the molecule is CCCC(O)c1noc(-c2cc(C)no2)n1. The Bertz CT molecular complexity index is 463. The van der Waals surface area contributed by atoms with Crippen LogP contribution in [0.5, 0.6) is 0 Å². The first-order chi connectivity index (χ1) is 7.70. The Morgan fingerprint density at radius 1 is 1.38 bits per heavy atom. The van der Waals surface area contributed by atoms with Crippen molar-refractivity contribution in [3.63, 3.8) is 0 Å². The highest BCUT2D eigenvalue weighted by molar-refractivity contribution is 5.43. The van der Waals surface area contributed by atoms with Gasteiger partial charge in [0.25, 0.3) is 5.89 Å². The Kier molecular flexibility index (Phi) is 3.00. The minimum atomic E-state index is -0.688. The summed E-state index contributed by atoms with van der Waals surface area (Å²) in [6.07, 6.45) is 0.771. The predicted molar refractivity (Wildman–Crippen MR) is 54.4 cm³/mol. The smallest absolute Gasteiger partial charge is 0.296 e. The van der Waals surface area contributed by atoms with Gasteiger partial charge < -0.3 is 14.2 Å². The summed E-state index contributed by atoms with van der Waals surface area (Å²) in [6, 6.07) is 1.70. The molecule has 6 heteroatoms. The van der Waals surface area contributed by atoms with Crippen LogP contribution in [0.1, 0.15) is 37.4 Å². The van der Waals surface area contributed by atoms with E-state index >= 15 is 0 Å². The molecule has 0 radical (unpaired) electrons. The van der Waals surface area contributed by atoms with Crippen molar-refractivity contribution < 1.29 is 14.2 Å². The van der Waals surface area contributed by atoms with E-state index in [1.165, 1.54) is 0 Å². The number of rotatable bonds is 4. The highest BCUT2D eigenvalue weighted by Gasteiger charge is 2.17. The van der Waals surface area contributed by atoms with E-state index in [1.54, 1.807) is 13.0 Å². The monoisotopic (exact) mass is 223 g/mol. The zero-order chi connectivity index (χ0) is 11.5. The summed E-state index contributed by atoms with van der Waals surface area (Å²) in [7, 11) is 0. The molecule has 0 fully saturated rings. The molecule has 6 nitrogen and oxygen atoms in total. The maximum absolute atomic E-state index is 9.65. The fourth-order valence-corrected chi connectivity index (χ4v) is 1.34. The molecule has 16 heavy (non-hydrogen) atoms. The van der Waals surface area contributed by atoms with E-state index in [1.807, 2.05) is 6.92 Å². The molecule has 0 saturated heterocycles. The summed E-state index contributed by atoms with van der Waals surface area (Å²) < 4.78 is 9.95. The van der Waals surface area contributed by atoms with E-state index in [2.05, 4.69) is 15.3 Å². The average molecular weight is 223 g/mol. The van der Waals surface area contributed by atoms with Gasteiger partial charge in [0.05, 0.1) is 5.69 Å². The van der Waals surface area contributed by atoms with Crippen LogP contribution in [-0.2, 0) is 0 Å². The van der Waals surface area contributed by atoms with Crippen LogP contribution in [0.4, 0.5) is 0 Å². The molecule has 1 unspecified atom stereocenters. The zero-order valence-electron chi connectivity index (χ0n) is 9.17. The molecule has 2 heterocycles. The van der Waals surface area contributed by atoms with Crippen molar-refractivity contribution >= 4 is 0 Å². The highest BCUT2D eigenvalue weighted by Crippen LogP contribution is 2.21. The third-order valence-electron chi connectivity index (χ3n) is 2.14. The van der Waals surface area contributed by atoms with Gasteiger partial charge in [0, 0.05) is 6.07 Å². The predicted octanol–water partition coefficient (Wildman–Crippen LogP) is 1.87. The van der Waals surface area contributed by atoms with Crippen molar-refractivity contribution in [2.45, 2.75) is 32.8 Å². The third-order valence-corrected chi connectivity index (χ3v) is 2.14. The van der Waals surface area contributed by atoms with Crippen molar-refractivity contribution in [2.75, 3.05) is 0 Å². The van der Waals surface area contributed by atoms with Crippen molar-refractivity contribution in [1.82, 2.24) is 15.3 Å². The lowest BCUT2D eigenvalue weighted by Gasteiger charge is -2.00. The number of hydrogen-bond acceptors (Lipinski definition) is 6. The molecule has 0 saturated carbocycles. The molecule has 1 N–H and O–H groups in total. The lowest BCUT2D eigenvalue weighted by atomic mass is 10.2. The van der Waals surface area contributed by atoms with Gasteiger partial charge in [-0.15, -0.1) is 0 Å². The minimum absolute atomic E-state index is 0.241. The fraction of sp³-hybridized carbons (Fsp3) is 0.500.